The molecule has 0 aromatic heterocycles. The topological polar surface area (TPSA) is 122 Å². The molecule has 0 bridgehead atoms. The summed E-state index contributed by atoms with van der Waals surface area (Å²) in [5.74, 6) is -3.23. The van der Waals surface area contributed by atoms with Crippen LogP contribution in [0.3, 0.4) is 0 Å². The van der Waals surface area contributed by atoms with Gasteiger partial charge in [-0.05, 0) is 43.3 Å². The van der Waals surface area contributed by atoms with Crippen molar-refractivity contribution in [3.63, 3.8) is 0 Å². The van der Waals surface area contributed by atoms with Gasteiger partial charge in [-0.1, -0.05) is 11.6 Å². The summed E-state index contributed by atoms with van der Waals surface area (Å²) in [6, 6.07) is 10.3. The maximum atomic E-state index is 13.3. The van der Waals surface area contributed by atoms with E-state index in [1.54, 1.807) is 31.2 Å². The molecular weight excluding hydrogens is 428 g/mol. The number of carbonyl (C=O) groups is 3. The second-order valence-electron chi connectivity index (χ2n) is 6.73. The number of esters is 1. The molecule has 2 aliphatic heterocycles. The molecule has 2 aromatic carbocycles. The molecule has 0 N–H and O–H groups in total. The van der Waals surface area contributed by atoms with E-state index in [1.807, 2.05) is 0 Å². The monoisotopic (exact) mass is 442 g/mol. The molecule has 2 aromatic rings. The highest BCUT2D eigenvalue weighted by molar-refractivity contribution is 6.47. The number of nitro groups is 1. The van der Waals surface area contributed by atoms with Crippen molar-refractivity contribution in [2.45, 2.75) is 13.0 Å². The second kappa shape index (κ2) is 7.80. The second-order valence-corrected chi connectivity index (χ2v) is 7.17. The summed E-state index contributed by atoms with van der Waals surface area (Å²) in [4.78, 5) is 50.2. The highest BCUT2D eigenvalue weighted by atomic mass is 35.5. The Morgan fingerprint density at radius 2 is 1.71 bits per heavy atom. The molecule has 0 radical (unpaired) electrons. The molecule has 1 fully saturated rings. The molecular formula is C20H15ClN4O6. The van der Waals surface area contributed by atoms with Crippen LogP contribution in [0.5, 0.6) is 0 Å². The van der Waals surface area contributed by atoms with Gasteiger partial charge in [-0.15, -0.1) is 0 Å². The molecule has 2 heterocycles. The number of benzene rings is 2. The van der Waals surface area contributed by atoms with Gasteiger partial charge in [-0.3, -0.25) is 24.7 Å². The van der Waals surface area contributed by atoms with Gasteiger partial charge in [-0.2, -0.15) is 5.10 Å². The average Bonchev–Trinajstić information content (AvgIpc) is 3.26. The van der Waals surface area contributed by atoms with Crippen LogP contribution in [-0.2, 0) is 19.1 Å². The third kappa shape index (κ3) is 3.40. The van der Waals surface area contributed by atoms with E-state index in [0.717, 1.165) is 4.90 Å². The molecule has 158 valence electrons. The van der Waals surface area contributed by atoms with E-state index in [0.29, 0.717) is 10.7 Å². The minimum absolute atomic E-state index is 0.0738. The fraction of sp³-hybridized carbons (Fsp3) is 0.200. The Morgan fingerprint density at radius 1 is 1.10 bits per heavy atom. The lowest BCUT2D eigenvalue weighted by Crippen LogP contribution is -2.39. The van der Waals surface area contributed by atoms with Crippen LogP contribution in [0.1, 0.15) is 6.92 Å². The molecule has 31 heavy (non-hydrogen) atoms. The number of hydrogen-bond acceptors (Lipinski definition) is 8. The van der Waals surface area contributed by atoms with Crippen LogP contribution in [0, 0.1) is 16.0 Å². The predicted octanol–water partition coefficient (Wildman–Crippen LogP) is 2.55. The number of anilines is 2. The van der Waals surface area contributed by atoms with Crippen LogP contribution >= 0.6 is 11.6 Å². The standard InChI is InChI=1S/C20H15ClN4O6/c1-2-31-20(28)16-15-17(24(22-16)13-5-3-11(21)4-6-13)19(27)23(18(15)26)12-7-9-14(10-8-12)25(29)30/h3-10,15,17H,2H2,1H3/t15-,17+/m0/s1. The maximum Gasteiger partial charge on any atom is 0.355 e. The van der Waals surface area contributed by atoms with E-state index in [1.165, 1.54) is 29.3 Å². The van der Waals surface area contributed by atoms with E-state index in [4.69, 9.17) is 16.3 Å². The zero-order valence-electron chi connectivity index (χ0n) is 16.1. The zero-order valence-corrected chi connectivity index (χ0v) is 16.9. The summed E-state index contributed by atoms with van der Waals surface area (Å²) in [5, 5.41) is 16.9. The highest BCUT2D eigenvalue weighted by Crippen LogP contribution is 2.38. The number of non-ortho nitro benzene ring substituents is 1. The predicted molar refractivity (Wildman–Crippen MR) is 111 cm³/mol. The fourth-order valence-corrected chi connectivity index (χ4v) is 3.70. The minimum Gasteiger partial charge on any atom is -0.461 e. The Bertz CT molecular complexity index is 1120. The summed E-state index contributed by atoms with van der Waals surface area (Å²) in [7, 11) is 0. The first kappa shape index (κ1) is 20.5. The fourth-order valence-electron chi connectivity index (χ4n) is 3.57. The van der Waals surface area contributed by atoms with Gasteiger partial charge >= 0.3 is 5.97 Å². The lowest BCUT2D eigenvalue weighted by Gasteiger charge is -2.22. The molecule has 2 amide bonds. The number of carbonyl (C=O) groups excluding carboxylic acids is 3. The van der Waals surface area contributed by atoms with E-state index >= 15 is 0 Å². The Hall–Kier alpha value is -3.79. The number of hydrogen-bond donors (Lipinski definition) is 0. The SMILES string of the molecule is CCOC(=O)C1=NN(c2ccc(Cl)cc2)[C@H]2C(=O)N(c3ccc([N+](=O)[O-])cc3)C(=O)[C@@H]12. The molecule has 2 atom stereocenters. The van der Waals surface area contributed by atoms with Crippen molar-refractivity contribution < 1.29 is 24.0 Å². The van der Waals surface area contributed by atoms with Crippen molar-refractivity contribution in [2.24, 2.45) is 11.0 Å². The summed E-state index contributed by atoms with van der Waals surface area (Å²) in [6.07, 6.45) is 0. The Labute approximate surface area is 180 Å². The molecule has 2 aliphatic rings. The number of rotatable bonds is 5. The highest BCUT2D eigenvalue weighted by Gasteiger charge is 2.59. The van der Waals surface area contributed by atoms with E-state index < -0.39 is 34.7 Å². The van der Waals surface area contributed by atoms with Crippen LogP contribution in [0.2, 0.25) is 5.02 Å². The van der Waals surface area contributed by atoms with E-state index in [9.17, 15) is 24.5 Å². The number of imide groups is 1. The molecule has 11 heteroatoms. The summed E-state index contributed by atoms with van der Waals surface area (Å²) in [5.41, 5.74) is 0.267. The Kier molecular flexibility index (Phi) is 5.15. The summed E-state index contributed by atoms with van der Waals surface area (Å²) in [6.45, 7) is 1.69. The first-order valence-corrected chi connectivity index (χ1v) is 9.64. The van der Waals surface area contributed by atoms with Crippen LogP contribution in [-0.4, -0.2) is 41.1 Å². The number of hydrazone groups is 1. The van der Waals surface area contributed by atoms with Gasteiger partial charge in [0.2, 0.25) is 5.91 Å². The molecule has 0 aliphatic carbocycles. The van der Waals surface area contributed by atoms with Crippen LogP contribution in [0.25, 0.3) is 0 Å². The van der Waals surface area contributed by atoms with Gasteiger partial charge < -0.3 is 4.74 Å². The number of nitrogens with zero attached hydrogens (tertiary/aromatic N) is 4. The van der Waals surface area contributed by atoms with Gasteiger partial charge in [-0.25, -0.2) is 9.69 Å². The maximum absolute atomic E-state index is 13.3. The smallest absolute Gasteiger partial charge is 0.355 e. The molecule has 1 saturated heterocycles. The van der Waals surface area contributed by atoms with Crippen LogP contribution in [0.4, 0.5) is 17.1 Å². The molecule has 0 saturated carbocycles. The van der Waals surface area contributed by atoms with Gasteiger partial charge in [0, 0.05) is 17.2 Å². The van der Waals surface area contributed by atoms with Crippen LogP contribution < -0.4 is 9.91 Å². The van der Waals surface area contributed by atoms with Crippen LogP contribution in [0.15, 0.2) is 53.6 Å². The normalized spacial score (nSPS) is 20.0. The summed E-state index contributed by atoms with van der Waals surface area (Å²) >= 11 is 5.93. The number of amides is 2. The minimum atomic E-state index is -1.17. The third-order valence-corrected chi connectivity index (χ3v) is 5.20. The van der Waals surface area contributed by atoms with Crippen molar-refractivity contribution in [3.05, 3.63) is 63.7 Å². The Morgan fingerprint density at radius 3 is 2.29 bits per heavy atom. The van der Waals surface area contributed by atoms with E-state index in [2.05, 4.69) is 5.10 Å². The number of nitro benzene ring substituents is 1. The third-order valence-electron chi connectivity index (χ3n) is 4.94. The lowest BCUT2D eigenvalue weighted by atomic mass is 9.98. The lowest BCUT2D eigenvalue weighted by molar-refractivity contribution is -0.384. The van der Waals surface area contributed by atoms with Gasteiger partial charge in [0.15, 0.2) is 5.71 Å². The Balaban J connectivity index is 1.76. The molecule has 10 nitrogen and oxygen atoms in total. The number of ether oxygens (including phenoxy) is 1. The quantitative estimate of drug-likeness (QED) is 0.302. The number of halogens is 1. The first-order chi connectivity index (χ1) is 14.8. The van der Waals surface area contributed by atoms with Crippen molar-refractivity contribution >= 4 is 52.2 Å². The molecule has 4 rings (SSSR count). The summed E-state index contributed by atoms with van der Waals surface area (Å²) < 4.78 is 5.03. The first-order valence-electron chi connectivity index (χ1n) is 9.26. The largest absolute Gasteiger partial charge is 0.461 e. The zero-order chi connectivity index (χ0) is 22.3. The number of fused-ring (bicyclic) bond motifs is 1. The molecule has 0 unspecified atom stereocenters. The van der Waals surface area contributed by atoms with Crippen molar-refractivity contribution in [1.82, 2.24) is 0 Å². The van der Waals surface area contributed by atoms with Gasteiger partial charge in [0.25, 0.3) is 11.6 Å². The van der Waals surface area contributed by atoms with Crippen molar-refractivity contribution in [1.29, 1.82) is 0 Å². The van der Waals surface area contributed by atoms with Gasteiger partial charge in [0.05, 0.1) is 22.9 Å². The molecule has 0 spiro atoms. The van der Waals surface area contributed by atoms with Gasteiger partial charge in [0.1, 0.15) is 12.0 Å². The van der Waals surface area contributed by atoms with Crippen molar-refractivity contribution in [2.75, 3.05) is 16.5 Å². The van der Waals surface area contributed by atoms with Crippen molar-refractivity contribution in [3.8, 4) is 0 Å². The average molecular weight is 443 g/mol. The van der Waals surface area contributed by atoms with E-state index in [-0.39, 0.29) is 23.7 Å².